The van der Waals surface area contributed by atoms with Gasteiger partial charge in [0.2, 0.25) is 15.9 Å². The third-order valence-electron chi connectivity index (χ3n) is 4.89. The van der Waals surface area contributed by atoms with Crippen LogP contribution in [0.3, 0.4) is 0 Å². The standard InChI is InChI=1S/C19H20ClN3O6S/c1-29-17-6-5-14(20)11-18(17)30(27,28)22-9-7-13(8-10-22)19(24)21-15-3-2-4-16(12-15)23(25)26/h2-6,11-13H,7-10H2,1H3,(H,21,24). The zero-order chi connectivity index (χ0) is 21.9. The molecule has 1 amide bonds. The molecule has 9 nitrogen and oxygen atoms in total. The second-order valence-electron chi connectivity index (χ2n) is 6.77. The number of hydrogen-bond donors (Lipinski definition) is 1. The quantitative estimate of drug-likeness (QED) is 0.529. The Kier molecular flexibility index (Phi) is 6.59. The summed E-state index contributed by atoms with van der Waals surface area (Å²) in [5, 5.41) is 13.8. The Labute approximate surface area is 178 Å². The molecule has 160 valence electrons. The molecule has 1 fully saturated rings. The number of piperidine rings is 1. The molecule has 1 aliphatic heterocycles. The fourth-order valence-corrected chi connectivity index (χ4v) is 5.18. The third kappa shape index (κ3) is 4.72. The van der Waals surface area contributed by atoms with Gasteiger partial charge in [-0.05, 0) is 37.1 Å². The summed E-state index contributed by atoms with van der Waals surface area (Å²) in [4.78, 5) is 22.8. The van der Waals surface area contributed by atoms with Crippen LogP contribution in [0.1, 0.15) is 12.8 Å². The molecule has 1 aliphatic rings. The molecule has 1 N–H and O–H groups in total. The predicted octanol–water partition coefficient (Wildman–Crippen LogP) is 3.30. The van der Waals surface area contributed by atoms with E-state index in [0.717, 1.165) is 0 Å². The maximum absolute atomic E-state index is 13.0. The largest absolute Gasteiger partial charge is 0.495 e. The van der Waals surface area contributed by atoms with Crippen molar-refractivity contribution in [1.82, 2.24) is 4.31 Å². The second-order valence-corrected chi connectivity index (χ2v) is 9.11. The van der Waals surface area contributed by atoms with Crippen molar-refractivity contribution in [2.24, 2.45) is 5.92 Å². The summed E-state index contributed by atoms with van der Waals surface area (Å²) in [7, 11) is -2.45. The van der Waals surface area contributed by atoms with Crippen molar-refractivity contribution >= 4 is 38.9 Å². The summed E-state index contributed by atoms with van der Waals surface area (Å²) in [6.07, 6.45) is 0.645. The fraction of sp³-hybridized carbons (Fsp3) is 0.316. The van der Waals surface area contributed by atoms with E-state index in [1.54, 1.807) is 12.1 Å². The Balaban J connectivity index is 1.67. The Morgan fingerprint density at radius 2 is 1.93 bits per heavy atom. The second kappa shape index (κ2) is 8.99. The minimum atomic E-state index is -3.83. The Bertz CT molecular complexity index is 1070. The van der Waals surface area contributed by atoms with Gasteiger partial charge >= 0.3 is 0 Å². The van der Waals surface area contributed by atoms with Gasteiger partial charge in [0.25, 0.3) is 5.69 Å². The summed E-state index contributed by atoms with van der Waals surface area (Å²) in [5.41, 5.74) is 0.206. The van der Waals surface area contributed by atoms with E-state index in [4.69, 9.17) is 16.3 Å². The normalized spacial score (nSPS) is 15.5. The van der Waals surface area contributed by atoms with Gasteiger partial charge in [-0.15, -0.1) is 0 Å². The zero-order valence-corrected chi connectivity index (χ0v) is 17.6. The number of carbonyl (C=O) groups is 1. The first-order valence-corrected chi connectivity index (χ1v) is 10.9. The number of sulfonamides is 1. The van der Waals surface area contributed by atoms with Crippen LogP contribution >= 0.6 is 11.6 Å². The van der Waals surface area contributed by atoms with Crippen LogP contribution in [0.4, 0.5) is 11.4 Å². The highest BCUT2D eigenvalue weighted by Gasteiger charge is 2.34. The van der Waals surface area contributed by atoms with Crippen LogP contribution in [0.2, 0.25) is 5.02 Å². The number of ether oxygens (including phenoxy) is 1. The monoisotopic (exact) mass is 453 g/mol. The van der Waals surface area contributed by atoms with Crippen LogP contribution in [0.15, 0.2) is 47.4 Å². The summed E-state index contributed by atoms with van der Waals surface area (Å²) in [6, 6.07) is 10.1. The van der Waals surface area contributed by atoms with E-state index in [9.17, 15) is 23.3 Å². The van der Waals surface area contributed by atoms with Crippen molar-refractivity contribution in [3.8, 4) is 5.75 Å². The van der Waals surface area contributed by atoms with Gasteiger partial charge in [-0.1, -0.05) is 17.7 Å². The van der Waals surface area contributed by atoms with E-state index in [2.05, 4.69) is 5.32 Å². The van der Waals surface area contributed by atoms with Crippen LogP contribution in [-0.2, 0) is 14.8 Å². The van der Waals surface area contributed by atoms with Crippen molar-refractivity contribution in [3.63, 3.8) is 0 Å². The van der Waals surface area contributed by atoms with E-state index in [0.29, 0.717) is 18.5 Å². The Hall–Kier alpha value is -2.69. The third-order valence-corrected chi connectivity index (χ3v) is 7.05. The Morgan fingerprint density at radius 3 is 2.57 bits per heavy atom. The highest BCUT2D eigenvalue weighted by atomic mass is 35.5. The number of methoxy groups -OCH3 is 1. The summed E-state index contributed by atoms with van der Waals surface area (Å²) in [6.45, 7) is 0.316. The SMILES string of the molecule is COc1ccc(Cl)cc1S(=O)(=O)N1CCC(C(=O)Nc2cccc([N+](=O)[O-])c2)CC1. The smallest absolute Gasteiger partial charge is 0.271 e. The number of amides is 1. The molecule has 0 unspecified atom stereocenters. The first-order chi connectivity index (χ1) is 14.2. The van der Waals surface area contributed by atoms with E-state index in [1.807, 2.05) is 0 Å². The first-order valence-electron chi connectivity index (χ1n) is 9.11. The number of nitro benzene ring substituents is 1. The number of anilines is 1. The van der Waals surface area contributed by atoms with Crippen molar-refractivity contribution < 1.29 is 22.9 Å². The number of hydrogen-bond acceptors (Lipinski definition) is 6. The topological polar surface area (TPSA) is 119 Å². The average Bonchev–Trinajstić information content (AvgIpc) is 2.74. The zero-order valence-electron chi connectivity index (χ0n) is 16.1. The summed E-state index contributed by atoms with van der Waals surface area (Å²) in [5.74, 6) is -0.505. The van der Waals surface area contributed by atoms with Gasteiger partial charge in [0, 0.05) is 41.9 Å². The molecule has 0 aromatic heterocycles. The van der Waals surface area contributed by atoms with Gasteiger partial charge in [0.1, 0.15) is 10.6 Å². The number of nitrogens with one attached hydrogen (secondary N) is 1. The average molecular weight is 454 g/mol. The summed E-state index contributed by atoms with van der Waals surface area (Å²) < 4.78 is 32.5. The lowest BCUT2D eigenvalue weighted by molar-refractivity contribution is -0.384. The van der Waals surface area contributed by atoms with Crippen LogP contribution in [-0.4, -0.2) is 43.8 Å². The van der Waals surface area contributed by atoms with Crippen molar-refractivity contribution in [1.29, 1.82) is 0 Å². The fourth-order valence-electron chi connectivity index (χ4n) is 3.29. The highest BCUT2D eigenvalue weighted by Crippen LogP contribution is 2.32. The number of benzene rings is 2. The van der Waals surface area contributed by atoms with Crippen LogP contribution < -0.4 is 10.1 Å². The molecule has 1 heterocycles. The van der Waals surface area contributed by atoms with Gasteiger partial charge < -0.3 is 10.1 Å². The number of nitrogens with zero attached hydrogens (tertiary/aromatic N) is 2. The van der Waals surface area contributed by atoms with Gasteiger partial charge in [0.05, 0.1) is 12.0 Å². The minimum absolute atomic E-state index is 0.0167. The lowest BCUT2D eigenvalue weighted by atomic mass is 9.97. The molecule has 2 aromatic rings. The number of rotatable bonds is 6. The highest BCUT2D eigenvalue weighted by molar-refractivity contribution is 7.89. The molecule has 3 rings (SSSR count). The molecule has 0 atom stereocenters. The molecule has 30 heavy (non-hydrogen) atoms. The van der Waals surface area contributed by atoms with E-state index < -0.39 is 20.9 Å². The van der Waals surface area contributed by atoms with Gasteiger partial charge in [-0.25, -0.2) is 8.42 Å². The summed E-state index contributed by atoms with van der Waals surface area (Å²) >= 11 is 5.96. The predicted molar refractivity (Wildman–Crippen MR) is 111 cm³/mol. The van der Waals surface area contributed by atoms with Crippen LogP contribution in [0.5, 0.6) is 5.75 Å². The molecule has 0 aliphatic carbocycles. The molecule has 0 radical (unpaired) electrons. The maximum Gasteiger partial charge on any atom is 0.271 e. The number of nitro groups is 1. The first kappa shape index (κ1) is 22.0. The molecule has 1 saturated heterocycles. The van der Waals surface area contributed by atoms with E-state index in [1.165, 1.54) is 41.7 Å². The lowest BCUT2D eigenvalue weighted by Crippen LogP contribution is -2.41. The van der Waals surface area contributed by atoms with Crippen molar-refractivity contribution in [3.05, 3.63) is 57.6 Å². The molecule has 0 bridgehead atoms. The molecule has 2 aromatic carbocycles. The molecule has 11 heteroatoms. The van der Waals surface area contributed by atoms with Crippen molar-refractivity contribution in [2.75, 3.05) is 25.5 Å². The number of non-ortho nitro benzene ring substituents is 1. The van der Waals surface area contributed by atoms with E-state index in [-0.39, 0.29) is 40.4 Å². The maximum atomic E-state index is 13.0. The van der Waals surface area contributed by atoms with Crippen LogP contribution in [0.25, 0.3) is 0 Å². The Morgan fingerprint density at radius 1 is 1.23 bits per heavy atom. The van der Waals surface area contributed by atoms with E-state index >= 15 is 0 Å². The molecule has 0 spiro atoms. The lowest BCUT2D eigenvalue weighted by Gasteiger charge is -2.31. The molecule has 0 saturated carbocycles. The number of halogens is 1. The molecular formula is C19H20ClN3O6S. The van der Waals surface area contributed by atoms with Gasteiger partial charge in [0.15, 0.2) is 0 Å². The van der Waals surface area contributed by atoms with Crippen LogP contribution in [0, 0.1) is 16.0 Å². The van der Waals surface area contributed by atoms with Gasteiger partial charge in [-0.3, -0.25) is 14.9 Å². The number of carbonyl (C=O) groups excluding carboxylic acids is 1. The minimum Gasteiger partial charge on any atom is -0.495 e. The van der Waals surface area contributed by atoms with Gasteiger partial charge in [-0.2, -0.15) is 4.31 Å². The molecular weight excluding hydrogens is 434 g/mol. The van der Waals surface area contributed by atoms with Crippen molar-refractivity contribution in [2.45, 2.75) is 17.7 Å².